The van der Waals surface area contributed by atoms with Crippen LogP contribution in [0.25, 0.3) is 0 Å². The molecule has 0 spiro atoms. The summed E-state index contributed by atoms with van der Waals surface area (Å²) in [6.07, 6.45) is 0. The van der Waals surface area contributed by atoms with Crippen LogP contribution in [0.15, 0.2) is 42.5 Å². The zero-order valence-corrected chi connectivity index (χ0v) is 10.1. The maximum absolute atomic E-state index is 9.18. The molecule has 1 aliphatic rings. The Balaban J connectivity index is 1.88. The standard InChI is InChI=1S/C15H16N2O/c16-14-5-4-12-8-17(9-13(12)7-14)15-3-1-2-11(6-15)10-18/h1-7,18H,8-10,16H2. The first-order valence-electron chi connectivity index (χ1n) is 6.08. The Labute approximate surface area is 106 Å². The minimum Gasteiger partial charge on any atom is -0.399 e. The van der Waals surface area contributed by atoms with E-state index in [2.05, 4.69) is 17.0 Å². The van der Waals surface area contributed by atoms with Gasteiger partial charge in [0.05, 0.1) is 6.61 Å². The van der Waals surface area contributed by atoms with E-state index in [1.807, 2.05) is 30.3 Å². The third kappa shape index (κ3) is 1.93. The number of hydrogen-bond donors (Lipinski definition) is 2. The Bertz CT molecular complexity index is 580. The Morgan fingerprint density at radius 3 is 2.72 bits per heavy atom. The van der Waals surface area contributed by atoms with E-state index in [0.29, 0.717) is 0 Å². The van der Waals surface area contributed by atoms with Crippen molar-refractivity contribution in [1.29, 1.82) is 0 Å². The monoisotopic (exact) mass is 240 g/mol. The maximum atomic E-state index is 9.18. The summed E-state index contributed by atoms with van der Waals surface area (Å²) in [5.74, 6) is 0. The Morgan fingerprint density at radius 1 is 1.06 bits per heavy atom. The van der Waals surface area contributed by atoms with E-state index in [-0.39, 0.29) is 6.61 Å². The van der Waals surface area contributed by atoms with Gasteiger partial charge in [0, 0.05) is 24.5 Å². The minimum atomic E-state index is 0.0849. The van der Waals surface area contributed by atoms with Gasteiger partial charge in [0.15, 0.2) is 0 Å². The minimum absolute atomic E-state index is 0.0849. The second-order valence-electron chi connectivity index (χ2n) is 4.71. The van der Waals surface area contributed by atoms with E-state index in [9.17, 15) is 5.11 Å². The summed E-state index contributed by atoms with van der Waals surface area (Å²) < 4.78 is 0. The van der Waals surface area contributed by atoms with Crippen molar-refractivity contribution < 1.29 is 5.11 Å². The fourth-order valence-electron chi connectivity index (χ4n) is 2.45. The fourth-order valence-corrected chi connectivity index (χ4v) is 2.45. The molecule has 0 fully saturated rings. The predicted molar refractivity (Wildman–Crippen MR) is 73.1 cm³/mol. The van der Waals surface area contributed by atoms with Gasteiger partial charge in [-0.1, -0.05) is 18.2 Å². The van der Waals surface area contributed by atoms with Crippen molar-refractivity contribution in [3.05, 3.63) is 59.2 Å². The van der Waals surface area contributed by atoms with E-state index < -0.39 is 0 Å². The smallest absolute Gasteiger partial charge is 0.0682 e. The molecule has 2 aromatic rings. The average Bonchev–Trinajstić information content (AvgIpc) is 2.81. The molecule has 2 aromatic carbocycles. The van der Waals surface area contributed by atoms with Crippen molar-refractivity contribution in [1.82, 2.24) is 0 Å². The molecule has 1 heterocycles. The molecule has 0 aliphatic carbocycles. The zero-order valence-electron chi connectivity index (χ0n) is 10.1. The third-order valence-corrected chi connectivity index (χ3v) is 3.41. The molecule has 18 heavy (non-hydrogen) atoms. The number of rotatable bonds is 2. The Kier molecular flexibility index (Phi) is 2.68. The van der Waals surface area contributed by atoms with Crippen LogP contribution in [0.3, 0.4) is 0 Å². The molecule has 0 saturated heterocycles. The van der Waals surface area contributed by atoms with E-state index in [1.165, 1.54) is 11.1 Å². The first-order chi connectivity index (χ1) is 8.76. The number of nitrogens with two attached hydrogens (primary N) is 1. The third-order valence-electron chi connectivity index (χ3n) is 3.41. The predicted octanol–water partition coefficient (Wildman–Crippen LogP) is 2.28. The van der Waals surface area contributed by atoms with Crippen LogP contribution >= 0.6 is 0 Å². The van der Waals surface area contributed by atoms with Crippen LogP contribution in [0.4, 0.5) is 11.4 Å². The fraction of sp³-hybridized carbons (Fsp3) is 0.200. The lowest BCUT2D eigenvalue weighted by atomic mass is 10.1. The highest BCUT2D eigenvalue weighted by Crippen LogP contribution is 2.29. The summed E-state index contributed by atoms with van der Waals surface area (Å²) in [4.78, 5) is 2.29. The van der Waals surface area contributed by atoms with E-state index in [1.54, 1.807) is 0 Å². The molecule has 0 unspecified atom stereocenters. The number of aliphatic hydroxyl groups excluding tert-OH is 1. The number of benzene rings is 2. The molecular weight excluding hydrogens is 224 g/mol. The highest BCUT2D eigenvalue weighted by Gasteiger charge is 2.19. The zero-order chi connectivity index (χ0) is 12.5. The molecule has 0 aromatic heterocycles. The quantitative estimate of drug-likeness (QED) is 0.792. The highest BCUT2D eigenvalue weighted by molar-refractivity contribution is 5.56. The van der Waals surface area contributed by atoms with Crippen molar-refractivity contribution in [3.8, 4) is 0 Å². The van der Waals surface area contributed by atoms with Crippen LogP contribution in [0.5, 0.6) is 0 Å². The second-order valence-corrected chi connectivity index (χ2v) is 4.71. The first-order valence-corrected chi connectivity index (χ1v) is 6.08. The Hall–Kier alpha value is -2.00. The van der Waals surface area contributed by atoms with Gasteiger partial charge < -0.3 is 15.7 Å². The van der Waals surface area contributed by atoms with Crippen molar-refractivity contribution in [2.24, 2.45) is 0 Å². The summed E-state index contributed by atoms with van der Waals surface area (Å²) in [5.41, 5.74) is 11.4. The molecule has 0 atom stereocenters. The van der Waals surface area contributed by atoms with Gasteiger partial charge in [0.25, 0.3) is 0 Å². The maximum Gasteiger partial charge on any atom is 0.0682 e. The molecular formula is C15H16N2O. The van der Waals surface area contributed by atoms with Gasteiger partial charge in [-0.25, -0.2) is 0 Å². The molecule has 0 bridgehead atoms. The summed E-state index contributed by atoms with van der Waals surface area (Å²) in [5, 5.41) is 9.18. The summed E-state index contributed by atoms with van der Waals surface area (Å²) in [6, 6.07) is 14.1. The van der Waals surface area contributed by atoms with Crippen molar-refractivity contribution in [3.63, 3.8) is 0 Å². The van der Waals surface area contributed by atoms with Crippen LogP contribution in [0.2, 0.25) is 0 Å². The number of nitrogens with zero attached hydrogens (tertiary/aromatic N) is 1. The largest absolute Gasteiger partial charge is 0.399 e. The van der Waals surface area contributed by atoms with Gasteiger partial charge in [-0.2, -0.15) is 0 Å². The summed E-state index contributed by atoms with van der Waals surface area (Å²) in [7, 11) is 0. The first kappa shape index (κ1) is 11.1. The van der Waals surface area contributed by atoms with E-state index in [0.717, 1.165) is 30.0 Å². The van der Waals surface area contributed by atoms with Crippen molar-refractivity contribution in [2.45, 2.75) is 19.7 Å². The highest BCUT2D eigenvalue weighted by atomic mass is 16.3. The average molecular weight is 240 g/mol. The molecule has 3 heteroatoms. The molecule has 92 valence electrons. The van der Waals surface area contributed by atoms with E-state index >= 15 is 0 Å². The second kappa shape index (κ2) is 4.35. The molecule has 0 amide bonds. The van der Waals surface area contributed by atoms with Crippen LogP contribution in [0, 0.1) is 0 Å². The molecule has 0 radical (unpaired) electrons. The van der Waals surface area contributed by atoms with E-state index in [4.69, 9.17) is 5.73 Å². The molecule has 3 N–H and O–H groups in total. The van der Waals surface area contributed by atoms with Gasteiger partial charge in [-0.05, 0) is 41.0 Å². The van der Waals surface area contributed by atoms with Gasteiger partial charge >= 0.3 is 0 Å². The van der Waals surface area contributed by atoms with Gasteiger partial charge in [-0.3, -0.25) is 0 Å². The van der Waals surface area contributed by atoms with Crippen molar-refractivity contribution in [2.75, 3.05) is 10.6 Å². The molecule has 3 nitrogen and oxygen atoms in total. The number of nitrogen functional groups attached to an aromatic ring is 1. The lowest BCUT2D eigenvalue weighted by molar-refractivity contribution is 0.282. The number of hydrogen-bond acceptors (Lipinski definition) is 3. The summed E-state index contributed by atoms with van der Waals surface area (Å²) in [6.45, 7) is 1.88. The summed E-state index contributed by atoms with van der Waals surface area (Å²) >= 11 is 0. The van der Waals surface area contributed by atoms with Crippen LogP contribution in [-0.4, -0.2) is 5.11 Å². The van der Waals surface area contributed by atoms with Crippen LogP contribution in [-0.2, 0) is 19.7 Å². The Morgan fingerprint density at radius 2 is 1.89 bits per heavy atom. The van der Waals surface area contributed by atoms with Gasteiger partial charge in [0.2, 0.25) is 0 Å². The lowest BCUT2D eigenvalue weighted by Crippen LogP contribution is -2.14. The molecule has 3 rings (SSSR count). The SMILES string of the molecule is Nc1ccc2c(c1)CN(c1cccc(CO)c1)C2. The lowest BCUT2D eigenvalue weighted by Gasteiger charge is -2.18. The van der Waals surface area contributed by atoms with Crippen molar-refractivity contribution >= 4 is 11.4 Å². The molecule has 0 saturated carbocycles. The topological polar surface area (TPSA) is 49.5 Å². The number of fused-ring (bicyclic) bond motifs is 1. The number of anilines is 2. The number of aliphatic hydroxyl groups is 1. The molecule has 1 aliphatic heterocycles. The van der Waals surface area contributed by atoms with Crippen LogP contribution in [0.1, 0.15) is 16.7 Å². The van der Waals surface area contributed by atoms with Gasteiger partial charge in [-0.15, -0.1) is 0 Å². The normalized spacial score (nSPS) is 13.7. The van der Waals surface area contributed by atoms with Crippen LogP contribution < -0.4 is 10.6 Å². The van der Waals surface area contributed by atoms with Gasteiger partial charge in [0.1, 0.15) is 0 Å².